The van der Waals surface area contributed by atoms with Crippen LogP contribution >= 0.6 is 12.2 Å². The zero-order valence-corrected chi connectivity index (χ0v) is 11.5. The fourth-order valence-corrected chi connectivity index (χ4v) is 1.99. The van der Waals surface area contributed by atoms with Crippen LogP contribution in [0.15, 0.2) is 24.3 Å². The van der Waals surface area contributed by atoms with Gasteiger partial charge in [0.2, 0.25) is 0 Å². The third-order valence-corrected chi connectivity index (χ3v) is 2.80. The molecule has 0 aliphatic rings. The van der Waals surface area contributed by atoms with Gasteiger partial charge in [0, 0.05) is 12.1 Å². The summed E-state index contributed by atoms with van der Waals surface area (Å²) in [6.45, 7) is 1.59. The lowest BCUT2D eigenvalue weighted by atomic mass is 10.1. The van der Waals surface area contributed by atoms with Crippen molar-refractivity contribution >= 4 is 17.2 Å². The maximum Gasteiger partial charge on any atom is 0.401 e. The van der Waals surface area contributed by atoms with Gasteiger partial charge in [0.1, 0.15) is 4.99 Å². The van der Waals surface area contributed by atoms with Gasteiger partial charge in [-0.15, -0.1) is 0 Å². The van der Waals surface area contributed by atoms with Crippen LogP contribution in [-0.2, 0) is 6.54 Å². The summed E-state index contributed by atoms with van der Waals surface area (Å²) in [7, 11) is 0. The Labute approximate surface area is 116 Å². The lowest BCUT2D eigenvalue weighted by molar-refractivity contribution is -0.147. The first-order valence-corrected chi connectivity index (χ1v) is 6.40. The van der Waals surface area contributed by atoms with E-state index in [1.54, 1.807) is 24.3 Å². The average Bonchev–Trinajstić information content (AvgIpc) is 2.27. The van der Waals surface area contributed by atoms with Crippen LogP contribution in [0.2, 0.25) is 0 Å². The quantitative estimate of drug-likeness (QED) is 0.816. The summed E-state index contributed by atoms with van der Waals surface area (Å²) in [6.07, 6.45) is -3.51. The Hall–Kier alpha value is -1.14. The van der Waals surface area contributed by atoms with E-state index in [4.69, 9.17) is 18.0 Å². The van der Waals surface area contributed by atoms with Gasteiger partial charge in [-0.1, -0.05) is 37.3 Å². The topological polar surface area (TPSA) is 29.3 Å². The van der Waals surface area contributed by atoms with Crippen molar-refractivity contribution in [2.45, 2.75) is 26.1 Å². The molecular formula is C13H17F3N2S. The molecule has 0 heterocycles. The highest BCUT2D eigenvalue weighted by Gasteiger charge is 2.30. The number of halogens is 3. The Morgan fingerprint density at radius 2 is 2.05 bits per heavy atom. The van der Waals surface area contributed by atoms with E-state index in [0.29, 0.717) is 18.5 Å². The van der Waals surface area contributed by atoms with Gasteiger partial charge in [0.05, 0.1) is 6.54 Å². The Morgan fingerprint density at radius 1 is 1.37 bits per heavy atom. The Balaban J connectivity index is 2.78. The van der Waals surface area contributed by atoms with Crippen molar-refractivity contribution in [3.8, 4) is 0 Å². The number of hydrogen-bond donors (Lipinski definition) is 1. The van der Waals surface area contributed by atoms with Gasteiger partial charge in [0.15, 0.2) is 0 Å². The molecule has 0 spiro atoms. The number of alkyl halides is 3. The van der Waals surface area contributed by atoms with E-state index in [1.165, 1.54) is 4.90 Å². The highest BCUT2D eigenvalue weighted by atomic mass is 32.1. The number of rotatable bonds is 6. The number of benzene rings is 1. The lowest BCUT2D eigenvalue weighted by Crippen LogP contribution is -2.34. The highest BCUT2D eigenvalue weighted by molar-refractivity contribution is 7.80. The Bertz CT molecular complexity index is 432. The van der Waals surface area contributed by atoms with Crippen LogP contribution in [0.25, 0.3) is 0 Å². The summed E-state index contributed by atoms with van der Waals surface area (Å²) in [6, 6.07) is 7.02. The fraction of sp³-hybridized carbons (Fsp3) is 0.462. The summed E-state index contributed by atoms with van der Waals surface area (Å²) in [4.78, 5) is 1.62. The van der Waals surface area contributed by atoms with Crippen LogP contribution in [0, 0.1) is 0 Å². The second-order valence-electron chi connectivity index (χ2n) is 4.39. The van der Waals surface area contributed by atoms with Crippen LogP contribution < -0.4 is 5.73 Å². The van der Waals surface area contributed by atoms with Gasteiger partial charge in [-0.2, -0.15) is 13.2 Å². The van der Waals surface area contributed by atoms with E-state index >= 15 is 0 Å². The third-order valence-electron chi connectivity index (χ3n) is 2.56. The Kier molecular flexibility index (Phi) is 5.75. The van der Waals surface area contributed by atoms with Gasteiger partial charge in [-0.3, -0.25) is 4.90 Å². The standard InChI is InChI=1S/C13H17F3N2S/c1-2-6-18(9-13(14,15)16)8-10-4-3-5-11(7-10)12(17)19/h3-5,7H,2,6,8-9H2,1H3,(H2,17,19). The molecule has 0 aromatic heterocycles. The van der Waals surface area contributed by atoms with E-state index in [2.05, 4.69) is 0 Å². The molecule has 0 atom stereocenters. The van der Waals surface area contributed by atoms with E-state index in [-0.39, 0.29) is 11.5 Å². The maximum absolute atomic E-state index is 12.5. The molecule has 1 aromatic rings. The minimum Gasteiger partial charge on any atom is -0.389 e. The molecule has 106 valence electrons. The minimum absolute atomic E-state index is 0.240. The van der Waals surface area contributed by atoms with Gasteiger partial charge < -0.3 is 5.73 Å². The van der Waals surface area contributed by atoms with E-state index in [9.17, 15) is 13.2 Å². The van der Waals surface area contributed by atoms with Gasteiger partial charge >= 0.3 is 6.18 Å². The predicted octanol–water partition coefficient (Wildman–Crippen LogP) is 3.10. The first kappa shape index (κ1) is 15.9. The molecule has 0 radical (unpaired) electrons. The zero-order valence-electron chi connectivity index (χ0n) is 10.7. The molecule has 0 amide bonds. The smallest absolute Gasteiger partial charge is 0.389 e. The van der Waals surface area contributed by atoms with Crippen molar-refractivity contribution in [2.24, 2.45) is 5.73 Å². The molecule has 6 heteroatoms. The molecule has 0 aliphatic carbocycles. The number of nitrogens with zero attached hydrogens (tertiary/aromatic N) is 1. The molecule has 2 nitrogen and oxygen atoms in total. The summed E-state index contributed by atoms with van der Waals surface area (Å²) >= 11 is 4.86. The van der Waals surface area contributed by atoms with Crippen LogP contribution in [0.1, 0.15) is 24.5 Å². The molecule has 0 saturated carbocycles. The van der Waals surface area contributed by atoms with E-state index in [1.807, 2.05) is 6.92 Å². The third kappa shape index (κ3) is 6.02. The Morgan fingerprint density at radius 3 is 2.58 bits per heavy atom. The van der Waals surface area contributed by atoms with Gasteiger partial charge in [0.25, 0.3) is 0 Å². The van der Waals surface area contributed by atoms with E-state index < -0.39 is 12.7 Å². The summed E-state index contributed by atoms with van der Waals surface area (Å²) in [5.41, 5.74) is 6.97. The van der Waals surface area contributed by atoms with E-state index in [0.717, 1.165) is 5.56 Å². The SMILES string of the molecule is CCCN(Cc1cccc(C(N)=S)c1)CC(F)(F)F. The number of hydrogen-bond acceptors (Lipinski definition) is 2. The van der Waals surface area contributed by atoms with Crippen molar-refractivity contribution < 1.29 is 13.2 Å². The van der Waals surface area contributed by atoms with Crippen LogP contribution in [-0.4, -0.2) is 29.2 Å². The molecule has 0 unspecified atom stereocenters. The molecule has 2 N–H and O–H groups in total. The zero-order chi connectivity index (χ0) is 14.5. The molecule has 0 fully saturated rings. The van der Waals surface area contributed by atoms with Crippen molar-refractivity contribution in [1.29, 1.82) is 0 Å². The molecular weight excluding hydrogens is 273 g/mol. The van der Waals surface area contributed by atoms with Gasteiger partial charge in [-0.05, 0) is 24.6 Å². The minimum atomic E-state index is -4.18. The van der Waals surface area contributed by atoms with Crippen LogP contribution in [0.4, 0.5) is 13.2 Å². The summed E-state index contributed by atoms with van der Waals surface area (Å²) in [5, 5.41) is 0. The van der Waals surface area contributed by atoms with Gasteiger partial charge in [-0.25, -0.2) is 0 Å². The predicted molar refractivity (Wildman–Crippen MR) is 74.0 cm³/mol. The summed E-state index contributed by atoms with van der Waals surface area (Å²) in [5.74, 6) is 0. The van der Waals surface area contributed by atoms with Crippen molar-refractivity contribution in [3.63, 3.8) is 0 Å². The molecule has 0 aliphatic heterocycles. The second-order valence-corrected chi connectivity index (χ2v) is 4.83. The summed E-state index contributed by atoms with van der Waals surface area (Å²) < 4.78 is 37.4. The number of nitrogens with two attached hydrogens (primary N) is 1. The van der Waals surface area contributed by atoms with Crippen LogP contribution in [0.5, 0.6) is 0 Å². The molecule has 19 heavy (non-hydrogen) atoms. The first-order valence-electron chi connectivity index (χ1n) is 5.99. The second kappa shape index (κ2) is 6.86. The first-order chi connectivity index (χ1) is 8.81. The van der Waals surface area contributed by atoms with Crippen molar-refractivity contribution in [2.75, 3.05) is 13.1 Å². The molecule has 1 rings (SSSR count). The molecule has 0 bridgehead atoms. The van der Waals surface area contributed by atoms with Crippen LogP contribution in [0.3, 0.4) is 0 Å². The normalized spacial score (nSPS) is 11.8. The fourth-order valence-electron chi connectivity index (χ4n) is 1.86. The maximum atomic E-state index is 12.5. The lowest BCUT2D eigenvalue weighted by Gasteiger charge is -2.23. The molecule has 0 saturated heterocycles. The molecule has 1 aromatic carbocycles. The monoisotopic (exact) mass is 290 g/mol. The van der Waals surface area contributed by atoms with Crippen molar-refractivity contribution in [1.82, 2.24) is 4.90 Å². The highest BCUT2D eigenvalue weighted by Crippen LogP contribution is 2.18. The van der Waals surface area contributed by atoms with Crippen molar-refractivity contribution in [3.05, 3.63) is 35.4 Å². The number of thiocarbonyl (C=S) groups is 1. The average molecular weight is 290 g/mol. The largest absolute Gasteiger partial charge is 0.401 e.